The predicted octanol–water partition coefficient (Wildman–Crippen LogP) is 9.10. The van der Waals surface area contributed by atoms with E-state index in [1.807, 2.05) is 42.5 Å². The number of esters is 3. The minimum atomic E-state index is -0.708. The molecule has 10 heteroatoms. The van der Waals surface area contributed by atoms with Gasteiger partial charge >= 0.3 is 17.9 Å². The maximum absolute atomic E-state index is 13.3. The molecular formula is C41H66BO9. The first-order valence-electron chi connectivity index (χ1n) is 17.8. The molecule has 1 rings (SSSR count). The molecule has 0 amide bonds. The van der Waals surface area contributed by atoms with E-state index in [2.05, 4.69) is 19.7 Å². The SMILES string of the molecule is C.C=CCCCCCCC(CC(=O)OC(CCCCC=C)CC(=O)OC(CCC=C)CC(C)=O)OC(=O)CC(CCOc1ccccc1)OC.[2HH].[B]. The summed E-state index contributed by atoms with van der Waals surface area (Å²) in [5.41, 5.74) is 0. The summed E-state index contributed by atoms with van der Waals surface area (Å²) in [6.07, 6.45) is 12.6. The summed E-state index contributed by atoms with van der Waals surface area (Å²) in [5, 5.41) is 0. The van der Waals surface area contributed by atoms with Crippen LogP contribution in [-0.4, -0.2) is 70.2 Å². The number of para-hydroxylation sites is 1. The van der Waals surface area contributed by atoms with Crippen LogP contribution < -0.4 is 4.74 Å². The lowest BCUT2D eigenvalue weighted by Gasteiger charge is -2.23. The zero-order chi connectivity index (χ0) is 36.1. The van der Waals surface area contributed by atoms with E-state index < -0.39 is 42.3 Å². The van der Waals surface area contributed by atoms with Crippen molar-refractivity contribution >= 4 is 32.1 Å². The van der Waals surface area contributed by atoms with E-state index in [1.165, 1.54) is 6.92 Å². The fourth-order valence-corrected chi connectivity index (χ4v) is 5.30. The maximum Gasteiger partial charge on any atom is 0.309 e. The number of hydrogen-bond donors (Lipinski definition) is 0. The molecular weight excluding hydrogens is 647 g/mol. The molecule has 0 aliphatic heterocycles. The van der Waals surface area contributed by atoms with Crippen LogP contribution in [-0.2, 0) is 38.1 Å². The highest BCUT2D eigenvalue weighted by Gasteiger charge is 2.26. The maximum atomic E-state index is 13.3. The molecule has 0 saturated heterocycles. The van der Waals surface area contributed by atoms with Crippen LogP contribution >= 0.6 is 0 Å². The van der Waals surface area contributed by atoms with Gasteiger partial charge in [0.05, 0.1) is 32.0 Å². The largest absolute Gasteiger partial charge is 0.493 e. The molecule has 287 valence electrons. The molecule has 0 bridgehead atoms. The van der Waals surface area contributed by atoms with Gasteiger partial charge in [0.2, 0.25) is 0 Å². The van der Waals surface area contributed by atoms with E-state index in [1.54, 1.807) is 13.2 Å². The van der Waals surface area contributed by atoms with E-state index in [9.17, 15) is 19.2 Å². The first-order chi connectivity index (χ1) is 23.7. The lowest BCUT2D eigenvalue weighted by molar-refractivity contribution is -0.162. The lowest BCUT2D eigenvalue weighted by Crippen LogP contribution is -2.30. The van der Waals surface area contributed by atoms with Gasteiger partial charge in [-0.2, -0.15) is 0 Å². The highest BCUT2D eigenvalue weighted by Crippen LogP contribution is 2.20. The van der Waals surface area contributed by atoms with Gasteiger partial charge < -0.3 is 23.7 Å². The van der Waals surface area contributed by atoms with Crippen molar-refractivity contribution in [3.8, 4) is 5.75 Å². The second-order valence-corrected chi connectivity index (χ2v) is 12.4. The van der Waals surface area contributed by atoms with Gasteiger partial charge in [-0.25, -0.2) is 0 Å². The number of ether oxygens (including phenoxy) is 5. The summed E-state index contributed by atoms with van der Waals surface area (Å²) in [4.78, 5) is 50.9. The molecule has 0 fully saturated rings. The molecule has 0 saturated carbocycles. The monoisotopic (exact) mass is 714 g/mol. The zero-order valence-electron chi connectivity index (χ0n) is 30.5. The van der Waals surface area contributed by atoms with Crippen LogP contribution in [0.15, 0.2) is 68.3 Å². The minimum Gasteiger partial charge on any atom is -0.493 e. The Balaban J connectivity index is -0.00000800. The Labute approximate surface area is 311 Å². The van der Waals surface area contributed by atoms with Gasteiger partial charge in [0.15, 0.2) is 0 Å². The molecule has 1 aromatic carbocycles. The van der Waals surface area contributed by atoms with Crippen molar-refractivity contribution in [2.24, 2.45) is 0 Å². The molecule has 1 aromatic rings. The van der Waals surface area contributed by atoms with Crippen LogP contribution in [0.2, 0.25) is 0 Å². The Bertz CT molecular complexity index is 1110. The van der Waals surface area contributed by atoms with Crippen LogP contribution in [0, 0.1) is 0 Å². The summed E-state index contributed by atoms with van der Waals surface area (Å²) in [5.74, 6) is -0.870. The van der Waals surface area contributed by atoms with Gasteiger partial charge in [-0.3, -0.25) is 19.2 Å². The second-order valence-electron chi connectivity index (χ2n) is 12.4. The predicted molar refractivity (Wildman–Crippen MR) is 207 cm³/mol. The Morgan fingerprint density at radius 2 is 1.08 bits per heavy atom. The number of benzene rings is 1. The standard InChI is InChI=1S/C40H60O9.CH4.B.H2/c1-6-9-12-14-15-18-25-37(48-38(42)29-34(45-5)26-27-46-33-22-19-16-20-23-33)31-40(44)49-36(24-17-13-10-7-2)30-39(43)47-35(21-11-8-3)28-32(4)41;;;/h6-8,16,19-20,22-23,34-37H,1-3,9-15,17-18,21,24-31H2,4-5H3;1H4;;1H/i;;;1+1. The fraction of sp³-hybridized carbons (Fsp3) is 0.610. The van der Waals surface area contributed by atoms with E-state index in [4.69, 9.17) is 23.7 Å². The number of methoxy groups -OCH3 is 1. The van der Waals surface area contributed by atoms with Crippen molar-refractivity contribution in [1.29, 1.82) is 0 Å². The van der Waals surface area contributed by atoms with Gasteiger partial charge in [-0.15, -0.1) is 19.7 Å². The number of ketones is 1. The number of hydrogen-bond acceptors (Lipinski definition) is 9. The average Bonchev–Trinajstić information content (AvgIpc) is 3.06. The summed E-state index contributed by atoms with van der Waals surface area (Å²) >= 11 is 0. The molecule has 4 atom stereocenters. The smallest absolute Gasteiger partial charge is 0.309 e. The van der Waals surface area contributed by atoms with Gasteiger partial charge in [0.25, 0.3) is 0 Å². The van der Waals surface area contributed by atoms with Crippen LogP contribution in [0.25, 0.3) is 0 Å². The van der Waals surface area contributed by atoms with E-state index in [-0.39, 0.29) is 48.7 Å². The van der Waals surface area contributed by atoms with Crippen molar-refractivity contribution in [2.45, 2.75) is 148 Å². The topological polar surface area (TPSA) is 114 Å². The number of Topliss-reactive ketones (excluding diaryl/α,β-unsaturated/α-hetero) is 1. The van der Waals surface area contributed by atoms with E-state index >= 15 is 0 Å². The van der Waals surface area contributed by atoms with Crippen LogP contribution in [0.1, 0.15) is 125 Å². The first-order valence-corrected chi connectivity index (χ1v) is 17.8. The van der Waals surface area contributed by atoms with Crippen molar-refractivity contribution in [3.63, 3.8) is 0 Å². The third-order valence-corrected chi connectivity index (χ3v) is 7.94. The quantitative estimate of drug-likeness (QED) is 0.0244. The summed E-state index contributed by atoms with van der Waals surface area (Å²) in [6, 6.07) is 9.41. The van der Waals surface area contributed by atoms with Gasteiger partial charge in [-0.05, 0) is 83.3 Å². The number of unbranched alkanes of at least 4 members (excludes halogenated alkanes) is 6. The van der Waals surface area contributed by atoms with Crippen molar-refractivity contribution in [2.75, 3.05) is 13.7 Å². The van der Waals surface area contributed by atoms with Gasteiger partial charge in [0, 0.05) is 29.8 Å². The molecule has 0 aromatic heterocycles. The Morgan fingerprint density at radius 1 is 0.627 bits per heavy atom. The molecule has 51 heavy (non-hydrogen) atoms. The van der Waals surface area contributed by atoms with Crippen LogP contribution in [0.5, 0.6) is 5.75 Å². The molecule has 0 spiro atoms. The fourth-order valence-electron chi connectivity index (χ4n) is 5.30. The Kier molecular flexibility index (Phi) is 31.3. The van der Waals surface area contributed by atoms with Crippen LogP contribution in [0.4, 0.5) is 0 Å². The van der Waals surface area contributed by atoms with E-state index in [0.717, 1.165) is 57.1 Å². The van der Waals surface area contributed by atoms with Crippen molar-refractivity contribution < 1.29 is 44.3 Å². The van der Waals surface area contributed by atoms with Gasteiger partial charge in [0.1, 0.15) is 29.8 Å². The molecule has 9 nitrogen and oxygen atoms in total. The highest BCUT2D eigenvalue weighted by molar-refractivity contribution is 5.77. The highest BCUT2D eigenvalue weighted by atomic mass is 16.6. The average molecular weight is 715 g/mol. The molecule has 0 heterocycles. The van der Waals surface area contributed by atoms with Crippen LogP contribution in [0.3, 0.4) is 0 Å². The summed E-state index contributed by atoms with van der Waals surface area (Å²) < 4.78 is 28.5. The van der Waals surface area contributed by atoms with E-state index in [0.29, 0.717) is 38.7 Å². The minimum absolute atomic E-state index is 0. The zero-order valence-corrected chi connectivity index (χ0v) is 30.5. The van der Waals surface area contributed by atoms with Gasteiger partial charge in [-0.1, -0.05) is 56.7 Å². The molecule has 4 unspecified atom stereocenters. The molecule has 0 aliphatic rings. The van der Waals surface area contributed by atoms with Crippen molar-refractivity contribution in [3.05, 3.63) is 68.3 Å². The Morgan fingerprint density at radius 3 is 1.57 bits per heavy atom. The second kappa shape index (κ2) is 32.3. The number of allylic oxidation sites excluding steroid dienone is 3. The summed E-state index contributed by atoms with van der Waals surface area (Å²) in [6.45, 7) is 13.0. The third kappa shape index (κ3) is 26.8. The number of carbonyl (C=O) groups is 4. The molecule has 0 N–H and O–H groups in total. The van der Waals surface area contributed by atoms with Crippen molar-refractivity contribution in [1.82, 2.24) is 0 Å². The Hall–Kier alpha value is -3.66. The first kappa shape index (κ1) is 49.5. The normalized spacial score (nSPS) is 12.7. The molecule has 0 aliphatic carbocycles. The summed E-state index contributed by atoms with van der Waals surface area (Å²) in [7, 11) is 1.54. The molecule has 3 radical (unpaired) electrons. The third-order valence-electron chi connectivity index (χ3n) is 7.94. The lowest BCUT2D eigenvalue weighted by atomic mass is 10.0. The number of rotatable bonds is 31. The number of carbonyl (C=O) groups excluding carboxylic acids is 4.